The van der Waals surface area contributed by atoms with Gasteiger partial charge in [-0.25, -0.2) is 4.98 Å². The maximum Gasteiger partial charge on any atom is 0.234 e. The molecule has 0 spiro atoms. The summed E-state index contributed by atoms with van der Waals surface area (Å²) in [5.41, 5.74) is 2.60. The zero-order valence-corrected chi connectivity index (χ0v) is 16.8. The smallest absolute Gasteiger partial charge is 0.234 e. The quantitative estimate of drug-likeness (QED) is 0.727. The summed E-state index contributed by atoms with van der Waals surface area (Å²) >= 11 is 1.78. The van der Waals surface area contributed by atoms with E-state index in [2.05, 4.69) is 34.5 Å². The highest BCUT2D eigenvalue weighted by Crippen LogP contribution is 2.35. The monoisotopic (exact) mass is 383 g/mol. The van der Waals surface area contributed by atoms with Crippen LogP contribution in [0.4, 0.5) is 0 Å². The summed E-state index contributed by atoms with van der Waals surface area (Å²) in [5.74, 6) is 0.152. The number of aromatic nitrogens is 1. The zero-order chi connectivity index (χ0) is 18.5. The van der Waals surface area contributed by atoms with E-state index in [1.54, 1.807) is 11.3 Å². The molecule has 1 saturated heterocycles. The second-order valence-corrected chi connectivity index (χ2v) is 8.77. The number of rotatable bonds is 6. The van der Waals surface area contributed by atoms with Crippen molar-refractivity contribution in [2.24, 2.45) is 0 Å². The fraction of sp³-hybridized carbons (Fsp3) is 0.545. The molecule has 1 aromatic carbocycles. The Kier molecular flexibility index (Phi) is 6.20. The van der Waals surface area contributed by atoms with Crippen LogP contribution in [-0.4, -0.2) is 35.4 Å². The van der Waals surface area contributed by atoms with Gasteiger partial charge in [0.05, 0.1) is 22.8 Å². The molecular formula is C22H29N3OS. The van der Waals surface area contributed by atoms with E-state index in [1.165, 1.54) is 48.8 Å². The molecule has 1 amide bonds. The zero-order valence-electron chi connectivity index (χ0n) is 16.0. The number of allylic oxidation sites excluding steroid dienone is 1. The number of amides is 1. The number of piperidine rings is 1. The van der Waals surface area contributed by atoms with E-state index >= 15 is 0 Å². The lowest BCUT2D eigenvalue weighted by molar-refractivity contribution is -0.123. The second kappa shape index (κ2) is 8.98. The first-order chi connectivity index (χ1) is 13.3. The Morgan fingerprint density at radius 3 is 3.00 bits per heavy atom. The van der Waals surface area contributed by atoms with E-state index < -0.39 is 0 Å². The van der Waals surface area contributed by atoms with Crippen LogP contribution in [0.15, 0.2) is 35.9 Å². The first-order valence-electron chi connectivity index (χ1n) is 10.3. The summed E-state index contributed by atoms with van der Waals surface area (Å²) in [6.45, 7) is 2.24. The summed E-state index contributed by atoms with van der Waals surface area (Å²) in [6.07, 6.45) is 11.9. The first kappa shape index (κ1) is 18.6. The third kappa shape index (κ3) is 4.77. The molecule has 0 bridgehead atoms. The number of nitrogens with one attached hydrogen (secondary N) is 1. The van der Waals surface area contributed by atoms with Crippen LogP contribution < -0.4 is 5.32 Å². The predicted octanol–water partition coefficient (Wildman–Crippen LogP) is 4.83. The average molecular weight is 384 g/mol. The van der Waals surface area contributed by atoms with Crippen molar-refractivity contribution < 1.29 is 4.79 Å². The van der Waals surface area contributed by atoms with Gasteiger partial charge in [-0.1, -0.05) is 30.2 Å². The number of carbonyl (C=O) groups is 1. The maximum atomic E-state index is 12.5. The molecule has 1 N–H and O–H groups in total. The van der Waals surface area contributed by atoms with Gasteiger partial charge < -0.3 is 5.32 Å². The van der Waals surface area contributed by atoms with Gasteiger partial charge in [0, 0.05) is 6.54 Å². The molecule has 1 aliphatic carbocycles. The lowest BCUT2D eigenvalue weighted by Gasteiger charge is -2.33. The number of carbonyl (C=O) groups excluding carboxylic acids is 1. The van der Waals surface area contributed by atoms with Gasteiger partial charge in [-0.3, -0.25) is 9.69 Å². The molecule has 1 fully saturated rings. The number of likely N-dealkylation sites (tertiary alicyclic amines) is 1. The van der Waals surface area contributed by atoms with Gasteiger partial charge in [0.15, 0.2) is 0 Å². The Labute approximate surface area is 165 Å². The molecule has 4 nitrogen and oxygen atoms in total. The molecule has 1 atom stereocenters. The lowest BCUT2D eigenvalue weighted by atomic mass is 9.97. The summed E-state index contributed by atoms with van der Waals surface area (Å²) in [4.78, 5) is 19.7. The molecule has 5 heteroatoms. The Balaban J connectivity index is 1.34. The highest BCUT2D eigenvalue weighted by Gasteiger charge is 2.28. The van der Waals surface area contributed by atoms with Gasteiger partial charge in [0.2, 0.25) is 5.91 Å². The van der Waals surface area contributed by atoms with Crippen LogP contribution in [-0.2, 0) is 4.79 Å². The lowest BCUT2D eigenvalue weighted by Crippen LogP contribution is -2.41. The molecule has 4 rings (SSSR count). The minimum absolute atomic E-state index is 0.152. The van der Waals surface area contributed by atoms with Gasteiger partial charge >= 0.3 is 0 Å². The summed E-state index contributed by atoms with van der Waals surface area (Å²) in [5, 5.41) is 4.30. The minimum Gasteiger partial charge on any atom is -0.355 e. The minimum atomic E-state index is 0.152. The van der Waals surface area contributed by atoms with Crippen LogP contribution in [0.1, 0.15) is 62.4 Å². The normalized spacial score (nSPS) is 21.2. The van der Waals surface area contributed by atoms with Gasteiger partial charge in [-0.2, -0.15) is 0 Å². The molecule has 0 radical (unpaired) electrons. The molecule has 0 saturated carbocycles. The van der Waals surface area contributed by atoms with E-state index in [-0.39, 0.29) is 11.9 Å². The number of hydrogen-bond acceptors (Lipinski definition) is 4. The summed E-state index contributed by atoms with van der Waals surface area (Å²) in [7, 11) is 0. The Morgan fingerprint density at radius 1 is 1.22 bits per heavy atom. The number of nitrogens with zero attached hydrogens (tertiary/aromatic N) is 2. The maximum absolute atomic E-state index is 12.5. The van der Waals surface area contributed by atoms with Gasteiger partial charge in [-0.15, -0.1) is 11.3 Å². The highest BCUT2D eigenvalue weighted by atomic mass is 32.1. The van der Waals surface area contributed by atoms with Crippen LogP contribution in [0.5, 0.6) is 0 Å². The van der Waals surface area contributed by atoms with Crippen LogP contribution in [0.2, 0.25) is 0 Å². The topological polar surface area (TPSA) is 45.2 Å². The van der Waals surface area contributed by atoms with Crippen LogP contribution in [0.25, 0.3) is 10.2 Å². The standard InChI is InChI=1S/C22H29N3OS/c26-21(23-14-13-17-8-2-1-3-9-17)16-25-15-7-6-11-19(25)22-24-18-10-4-5-12-20(18)27-22/h4-5,8,10,12,19H,1-3,6-7,9,11,13-16H2,(H,23,26). The molecule has 1 aliphatic heterocycles. The van der Waals surface area contributed by atoms with Gasteiger partial charge in [0.1, 0.15) is 5.01 Å². The summed E-state index contributed by atoms with van der Waals surface area (Å²) in [6, 6.07) is 8.60. The van der Waals surface area contributed by atoms with Crippen molar-refractivity contribution in [3.05, 3.63) is 40.9 Å². The summed E-state index contributed by atoms with van der Waals surface area (Å²) < 4.78 is 1.24. The van der Waals surface area contributed by atoms with Gasteiger partial charge in [0.25, 0.3) is 0 Å². The van der Waals surface area contributed by atoms with Crippen molar-refractivity contribution in [1.29, 1.82) is 0 Å². The van der Waals surface area contributed by atoms with Crippen molar-refractivity contribution in [3.8, 4) is 0 Å². The van der Waals surface area contributed by atoms with Crippen LogP contribution in [0, 0.1) is 0 Å². The third-order valence-corrected chi connectivity index (χ3v) is 6.85. The first-order valence-corrected chi connectivity index (χ1v) is 11.2. The number of benzene rings is 1. The predicted molar refractivity (Wildman–Crippen MR) is 112 cm³/mol. The molecule has 2 heterocycles. The average Bonchev–Trinajstić information content (AvgIpc) is 3.13. The molecule has 144 valence electrons. The van der Waals surface area contributed by atoms with E-state index in [0.717, 1.165) is 36.5 Å². The van der Waals surface area contributed by atoms with E-state index in [4.69, 9.17) is 4.98 Å². The molecule has 2 aromatic rings. The van der Waals surface area contributed by atoms with Crippen molar-refractivity contribution >= 4 is 27.5 Å². The second-order valence-electron chi connectivity index (χ2n) is 7.71. The van der Waals surface area contributed by atoms with E-state index in [9.17, 15) is 4.79 Å². The Hall–Kier alpha value is -1.72. The van der Waals surface area contributed by atoms with Crippen molar-refractivity contribution in [2.75, 3.05) is 19.6 Å². The molecule has 2 aliphatic rings. The van der Waals surface area contributed by atoms with Crippen molar-refractivity contribution in [3.63, 3.8) is 0 Å². The molecule has 1 aromatic heterocycles. The van der Waals surface area contributed by atoms with Gasteiger partial charge in [-0.05, 0) is 63.6 Å². The number of thiazole rings is 1. The molecule has 27 heavy (non-hydrogen) atoms. The number of para-hydroxylation sites is 1. The van der Waals surface area contributed by atoms with Crippen LogP contribution >= 0.6 is 11.3 Å². The largest absolute Gasteiger partial charge is 0.355 e. The SMILES string of the molecule is O=C(CN1CCCCC1c1nc2ccccc2s1)NCCC1=CCCCC1. The number of hydrogen-bond donors (Lipinski definition) is 1. The van der Waals surface area contributed by atoms with Crippen LogP contribution in [0.3, 0.4) is 0 Å². The Bertz CT molecular complexity index is 780. The highest BCUT2D eigenvalue weighted by molar-refractivity contribution is 7.18. The molecular weight excluding hydrogens is 354 g/mol. The fourth-order valence-corrected chi connectivity index (χ4v) is 5.36. The fourth-order valence-electron chi connectivity index (χ4n) is 4.23. The third-order valence-electron chi connectivity index (χ3n) is 5.71. The Morgan fingerprint density at radius 2 is 2.15 bits per heavy atom. The van der Waals surface area contributed by atoms with E-state index in [0.29, 0.717) is 6.54 Å². The number of fused-ring (bicyclic) bond motifs is 1. The van der Waals surface area contributed by atoms with E-state index in [1.807, 2.05) is 6.07 Å². The molecule has 1 unspecified atom stereocenters. The van der Waals surface area contributed by atoms with Crippen molar-refractivity contribution in [1.82, 2.24) is 15.2 Å². The van der Waals surface area contributed by atoms with Crippen molar-refractivity contribution in [2.45, 2.75) is 57.4 Å².